The minimum absolute atomic E-state index is 0.128. The third-order valence-corrected chi connectivity index (χ3v) is 5.41. The van der Waals surface area contributed by atoms with Crippen LogP contribution < -0.4 is 5.73 Å². The Hall–Kier alpha value is -0.130. The number of nitrogens with two attached hydrogens (primary N) is 1. The first-order valence-corrected chi connectivity index (χ1v) is 8.23. The van der Waals surface area contributed by atoms with E-state index in [1.54, 1.807) is 0 Å². The van der Waals surface area contributed by atoms with Gasteiger partial charge in [0.15, 0.2) is 0 Å². The van der Waals surface area contributed by atoms with Gasteiger partial charge in [0.2, 0.25) is 0 Å². The molecule has 1 atom stereocenters. The fourth-order valence-electron chi connectivity index (χ4n) is 3.75. The Morgan fingerprint density at radius 1 is 1.11 bits per heavy atom. The molecule has 0 bridgehead atoms. The van der Waals surface area contributed by atoms with Crippen LogP contribution in [0.5, 0.6) is 0 Å². The van der Waals surface area contributed by atoms with Gasteiger partial charge in [-0.05, 0) is 46.1 Å². The molecule has 0 saturated carbocycles. The number of likely N-dealkylation sites (tertiary alicyclic amines) is 1. The second-order valence-corrected chi connectivity index (χ2v) is 8.09. The zero-order valence-electron chi connectivity index (χ0n) is 12.4. The van der Waals surface area contributed by atoms with Crippen molar-refractivity contribution in [1.82, 2.24) is 4.90 Å². The first-order valence-electron chi connectivity index (χ1n) is 6.98. The molecule has 1 aliphatic heterocycles. The highest BCUT2D eigenvalue weighted by Gasteiger charge is 2.47. The average molecular weight is 372 g/mol. The molecule has 19 heavy (non-hydrogen) atoms. The van der Waals surface area contributed by atoms with Gasteiger partial charge in [-0.2, -0.15) is 0 Å². The van der Waals surface area contributed by atoms with E-state index < -0.39 is 0 Å². The predicted molar refractivity (Wildman–Crippen MR) is 90.4 cm³/mol. The van der Waals surface area contributed by atoms with Crippen LogP contribution in [0.1, 0.15) is 50.1 Å². The largest absolute Gasteiger partial charge is 0.328 e. The molecule has 0 radical (unpaired) electrons. The fraction of sp³-hybridized carbons (Fsp3) is 0.625. The molecule has 2 N–H and O–H groups in total. The lowest BCUT2D eigenvalue weighted by atomic mass is 9.77. The monoisotopic (exact) mass is 372 g/mol. The van der Waals surface area contributed by atoms with Crippen molar-refractivity contribution in [3.63, 3.8) is 0 Å². The molecule has 1 fully saturated rings. The van der Waals surface area contributed by atoms with Crippen LogP contribution in [-0.2, 0) is 0 Å². The Morgan fingerprint density at radius 3 is 2.05 bits per heavy atom. The quantitative estimate of drug-likeness (QED) is 0.481. The Kier molecular flexibility index (Phi) is 4.29. The average Bonchev–Trinajstić information content (AvgIpc) is 2.26. The van der Waals surface area contributed by atoms with E-state index in [-0.39, 0.29) is 11.1 Å². The van der Waals surface area contributed by atoms with Gasteiger partial charge in [-0.25, -0.2) is 0 Å². The molecule has 0 spiro atoms. The maximum atomic E-state index is 6.26. The zero-order chi connectivity index (χ0) is 14.3. The highest BCUT2D eigenvalue weighted by Crippen LogP contribution is 2.46. The van der Waals surface area contributed by atoms with E-state index in [0.717, 1.165) is 12.8 Å². The molecule has 1 heterocycles. The molecular weight excluding hydrogens is 347 g/mol. The van der Waals surface area contributed by atoms with E-state index in [0.29, 0.717) is 10.1 Å². The van der Waals surface area contributed by atoms with Crippen LogP contribution in [0.25, 0.3) is 0 Å². The Balaban J connectivity index is 2.35. The van der Waals surface area contributed by atoms with Crippen molar-refractivity contribution in [2.24, 2.45) is 5.73 Å². The van der Waals surface area contributed by atoms with E-state index in [9.17, 15) is 0 Å². The summed E-state index contributed by atoms with van der Waals surface area (Å²) in [4.78, 5) is 2.64. The van der Waals surface area contributed by atoms with Crippen LogP contribution in [-0.4, -0.2) is 22.0 Å². The van der Waals surface area contributed by atoms with Crippen molar-refractivity contribution in [2.75, 3.05) is 0 Å². The SMILES string of the molecule is CC1(C)CC(N)CC(C)(C)N1C(I)c1ccccc1. The van der Waals surface area contributed by atoms with Crippen molar-refractivity contribution >= 4 is 22.6 Å². The molecular formula is C16H25IN2. The van der Waals surface area contributed by atoms with Crippen molar-refractivity contribution < 1.29 is 0 Å². The van der Waals surface area contributed by atoms with E-state index in [1.165, 1.54) is 5.56 Å². The van der Waals surface area contributed by atoms with Crippen molar-refractivity contribution in [1.29, 1.82) is 0 Å². The van der Waals surface area contributed by atoms with Gasteiger partial charge in [-0.3, -0.25) is 4.90 Å². The first kappa shape index (κ1) is 15.3. The summed E-state index contributed by atoms with van der Waals surface area (Å²) in [5, 5.41) is 0. The number of nitrogens with zero attached hydrogens (tertiary/aromatic N) is 1. The molecule has 0 amide bonds. The summed E-state index contributed by atoms with van der Waals surface area (Å²) in [7, 11) is 0. The molecule has 0 aliphatic carbocycles. The summed E-state index contributed by atoms with van der Waals surface area (Å²) < 4.78 is 0.385. The third-order valence-electron chi connectivity index (χ3n) is 4.13. The van der Waals surface area contributed by atoms with Gasteiger partial charge in [-0.1, -0.05) is 52.9 Å². The molecule has 2 rings (SSSR count). The Labute approximate surface area is 130 Å². The van der Waals surface area contributed by atoms with Crippen LogP contribution in [0.4, 0.5) is 0 Å². The van der Waals surface area contributed by atoms with Gasteiger partial charge in [0.05, 0.1) is 4.05 Å². The van der Waals surface area contributed by atoms with Crippen molar-refractivity contribution in [3.8, 4) is 0 Å². The molecule has 3 heteroatoms. The van der Waals surface area contributed by atoms with Gasteiger partial charge in [0.1, 0.15) is 0 Å². The first-order chi connectivity index (χ1) is 8.74. The molecule has 106 valence electrons. The minimum atomic E-state index is 0.128. The summed E-state index contributed by atoms with van der Waals surface area (Å²) in [6.07, 6.45) is 2.12. The van der Waals surface area contributed by atoms with Gasteiger partial charge >= 0.3 is 0 Å². The zero-order valence-corrected chi connectivity index (χ0v) is 14.5. The summed E-state index contributed by atoms with van der Waals surface area (Å²) in [5.74, 6) is 0. The summed E-state index contributed by atoms with van der Waals surface area (Å²) in [6, 6.07) is 11.1. The Bertz CT molecular complexity index is 410. The molecule has 1 unspecified atom stereocenters. The molecule has 2 nitrogen and oxygen atoms in total. The van der Waals surface area contributed by atoms with E-state index in [1.807, 2.05) is 0 Å². The second kappa shape index (κ2) is 5.34. The number of halogens is 1. The topological polar surface area (TPSA) is 29.3 Å². The van der Waals surface area contributed by atoms with Crippen LogP contribution in [0.15, 0.2) is 30.3 Å². The number of rotatable bonds is 2. The highest BCUT2D eigenvalue weighted by atomic mass is 127. The molecule has 0 aromatic heterocycles. The lowest BCUT2D eigenvalue weighted by Crippen LogP contribution is -2.63. The Morgan fingerprint density at radius 2 is 1.58 bits per heavy atom. The molecule has 1 aromatic carbocycles. The standard InChI is InChI=1S/C16H25IN2/c1-15(2)10-13(18)11-16(3,4)19(15)14(17)12-8-6-5-7-9-12/h5-9,13-14H,10-11,18H2,1-4H3. The van der Waals surface area contributed by atoms with Crippen LogP contribution >= 0.6 is 22.6 Å². The van der Waals surface area contributed by atoms with Crippen molar-refractivity contribution in [2.45, 2.75) is 61.7 Å². The summed E-state index contributed by atoms with van der Waals surface area (Å²) in [5.41, 5.74) is 7.89. The van der Waals surface area contributed by atoms with Crippen LogP contribution in [0.2, 0.25) is 0 Å². The number of piperidine rings is 1. The van der Waals surface area contributed by atoms with Gasteiger partial charge < -0.3 is 5.73 Å². The number of alkyl halides is 1. The summed E-state index contributed by atoms with van der Waals surface area (Å²) >= 11 is 2.57. The maximum Gasteiger partial charge on any atom is 0.0883 e. The smallest absolute Gasteiger partial charge is 0.0883 e. The van der Waals surface area contributed by atoms with Crippen LogP contribution in [0.3, 0.4) is 0 Å². The minimum Gasteiger partial charge on any atom is -0.328 e. The lowest BCUT2D eigenvalue weighted by molar-refractivity contribution is -0.0402. The number of benzene rings is 1. The van der Waals surface area contributed by atoms with Crippen molar-refractivity contribution in [3.05, 3.63) is 35.9 Å². The van der Waals surface area contributed by atoms with Gasteiger partial charge in [0.25, 0.3) is 0 Å². The second-order valence-electron chi connectivity index (χ2n) is 6.91. The van der Waals surface area contributed by atoms with E-state index >= 15 is 0 Å². The van der Waals surface area contributed by atoms with Gasteiger partial charge in [-0.15, -0.1) is 0 Å². The molecule has 1 aliphatic rings. The van der Waals surface area contributed by atoms with E-state index in [4.69, 9.17) is 5.73 Å². The molecule has 1 aromatic rings. The van der Waals surface area contributed by atoms with Gasteiger partial charge in [0, 0.05) is 17.1 Å². The molecule has 1 saturated heterocycles. The summed E-state index contributed by atoms with van der Waals surface area (Å²) in [6.45, 7) is 9.29. The normalized spacial score (nSPS) is 25.2. The number of hydrogen-bond donors (Lipinski definition) is 1. The fourth-order valence-corrected chi connectivity index (χ4v) is 5.67. The maximum absolute atomic E-state index is 6.26. The number of hydrogen-bond acceptors (Lipinski definition) is 2. The highest BCUT2D eigenvalue weighted by molar-refractivity contribution is 14.1. The van der Waals surface area contributed by atoms with Crippen LogP contribution in [0, 0.1) is 0 Å². The van der Waals surface area contributed by atoms with E-state index in [2.05, 4.69) is 85.5 Å². The lowest BCUT2D eigenvalue weighted by Gasteiger charge is -2.56. The third kappa shape index (κ3) is 3.14. The predicted octanol–water partition coefficient (Wildman–Crippen LogP) is 4.10.